The SMILES string of the molecule is CC(C)NC(=O)C(C)N(Cc1cccc(Br)c1)C(=O)CN(c1ccc(C(C)C)cc1)S(=O)(=O)c1ccccc1. The molecule has 0 aromatic heterocycles. The highest BCUT2D eigenvalue weighted by Crippen LogP contribution is 2.26. The number of carbonyl (C=O) groups is 2. The molecule has 1 unspecified atom stereocenters. The maximum atomic E-state index is 13.9. The third kappa shape index (κ3) is 7.92. The first kappa shape index (κ1) is 30.4. The van der Waals surface area contributed by atoms with Gasteiger partial charge in [-0.2, -0.15) is 0 Å². The van der Waals surface area contributed by atoms with Crippen LogP contribution in [0.25, 0.3) is 0 Å². The molecule has 3 aromatic rings. The lowest BCUT2D eigenvalue weighted by atomic mass is 10.0. The second kappa shape index (κ2) is 13.3. The summed E-state index contributed by atoms with van der Waals surface area (Å²) >= 11 is 3.46. The predicted molar refractivity (Wildman–Crippen MR) is 159 cm³/mol. The number of carbonyl (C=O) groups excluding carboxylic acids is 2. The van der Waals surface area contributed by atoms with Crippen LogP contribution < -0.4 is 9.62 Å². The maximum Gasteiger partial charge on any atom is 0.264 e. The van der Waals surface area contributed by atoms with Gasteiger partial charge in [-0.05, 0) is 74.2 Å². The molecule has 0 spiro atoms. The summed E-state index contributed by atoms with van der Waals surface area (Å²) in [7, 11) is -4.08. The number of sulfonamides is 1. The molecule has 2 amide bonds. The van der Waals surface area contributed by atoms with Crippen LogP contribution in [0.4, 0.5) is 5.69 Å². The Kier molecular flexibility index (Phi) is 10.3. The van der Waals surface area contributed by atoms with E-state index in [9.17, 15) is 18.0 Å². The fourth-order valence-corrected chi connectivity index (χ4v) is 5.98. The van der Waals surface area contributed by atoms with Gasteiger partial charge in [-0.25, -0.2) is 8.42 Å². The Morgan fingerprint density at radius 3 is 2.08 bits per heavy atom. The second-order valence-corrected chi connectivity index (χ2v) is 12.8. The van der Waals surface area contributed by atoms with Crippen molar-refractivity contribution in [2.75, 3.05) is 10.8 Å². The van der Waals surface area contributed by atoms with Crippen molar-refractivity contribution in [2.45, 2.75) is 64.1 Å². The van der Waals surface area contributed by atoms with Crippen LogP contribution in [-0.4, -0.2) is 43.8 Å². The first-order valence-corrected chi connectivity index (χ1v) is 15.2. The van der Waals surface area contributed by atoms with Gasteiger partial charge in [0.05, 0.1) is 10.6 Å². The van der Waals surface area contributed by atoms with Crippen LogP contribution in [0, 0.1) is 0 Å². The fraction of sp³-hybridized carbons (Fsp3) is 0.333. The van der Waals surface area contributed by atoms with Gasteiger partial charge >= 0.3 is 0 Å². The highest BCUT2D eigenvalue weighted by atomic mass is 79.9. The molecule has 3 aromatic carbocycles. The second-order valence-electron chi connectivity index (χ2n) is 10.1. The van der Waals surface area contributed by atoms with Crippen LogP contribution in [0.2, 0.25) is 0 Å². The summed E-state index contributed by atoms with van der Waals surface area (Å²) in [6.45, 7) is 9.13. The summed E-state index contributed by atoms with van der Waals surface area (Å²) < 4.78 is 29.6. The van der Waals surface area contributed by atoms with Gasteiger partial charge in [-0.1, -0.05) is 72.2 Å². The topological polar surface area (TPSA) is 86.8 Å². The molecule has 0 bridgehead atoms. The standard InChI is InChI=1S/C30H36BrN3O4S/c1-21(2)25-14-16-27(17-15-25)34(39(37,38)28-12-7-6-8-13-28)20-29(35)33(23(5)30(36)32-22(3)4)19-24-10-9-11-26(31)18-24/h6-18,21-23H,19-20H2,1-5H3,(H,32,36). The van der Waals surface area contributed by atoms with E-state index in [1.54, 1.807) is 37.3 Å². The van der Waals surface area contributed by atoms with Gasteiger partial charge in [0.15, 0.2) is 0 Å². The molecule has 0 saturated carbocycles. The molecule has 39 heavy (non-hydrogen) atoms. The Bertz CT molecular complexity index is 1380. The Morgan fingerprint density at radius 1 is 0.872 bits per heavy atom. The first-order valence-electron chi connectivity index (χ1n) is 12.9. The van der Waals surface area contributed by atoms with Gasteiger partial charge in [0.25, 0.3) is 10.0 Å². The molecule has 0 radical (unpaired) electrons. The zero-order valence-corrected chi connectivity index (χ0v) is 25.4. The van der Waals surface area contributed by atoms with E-state index in [0.29, 0.717) is 5.69 Å². The van der Waals surface area contributed by atoms with Crippen LogP contribution in [0.15, 0.2) is 88.2 Å². The van der Waals surface area contributed by atoms with Crippen molar-refractivity contribution >= 4 is 43.5 Å². The van der Waals surface area contributed by atoms with Crippen molar-refractivity contribution in [3.8, 4) is 0 Å². The molecule has 0 aliphatic carbocycles. The number of rotatable bonds is 11. The molecular formula is C30H36BrN3O4S. The molecule has 0 aliphatic rings. The minimum atomic E-state index is -4.08. The third-order valence-corrected chi connectivity index (χ3v) is 8.58. The van der Waals surface area contributed by atoms with E-state index in [1.807, 2.05) is 50.2 Å². The number of halogens is 1. The van der Waals surface area contributed by atoms with E-state index in [0.717, 1.165) is 19.9 Å². The number of anilines is 1. The smallest absolute Gasteiger partial charge is 0.264 e. The zero-order valence-electron chi connectivity index (χ0n) is 23.0. The van der Waals surface area contributed by atoms with E-state index in [4.69, 9.17) is 0 Å². The number of benzene rings is 3. The summed E-state index contributed by atoms with van der Waals surface area (Å²) in [5, 5.41) is 2.86. The van der Waals surface area contributed by atoms with Crippen molar-refractivity contribution in [3.63, 3.8) is 0 Å². The highest BCUT2D eigenvalue weighted by Gasteiger charge is 2.32. The average molecular weight is 615 g/mol. The van der Waals surface area contributed by atoms with Gasteiger partial charge in [0.1, 0.15) is 12.6 Å². The summed E-state index contributed by atoms with van der Waals surface area (Å²) in [5.74, 6) is -0.540. The first-order chi connectivity index (χ1) is 18.4. The Balaban J connectivity index is 2.03. The number of nitrogens with one attached hydrogen (secondary N) is 1. The normalized spacial score (nSPS) is 12.3. The molecular weight excluding hydrogens is 578 g/mol. The largest absolute Gasteiger partial charge is 0.352 e. The van der Waals surface area contributed by atoms with Crippen molar-refractivity contribution in [2.24, 2.45) is 0 Å². The van der Waals surface area contributed by atoms with Gasteiger partial charge in [0, 0.05) is 17.1 Å². The number of hydrogen-bond donors (Lipinski definition) is 1. The van der Waals surface area contributed by atoms with E-state index in [1.165, 1.54) is 17.0 Å². The Hall–Kier alpha value is -3.17. The molecule has 7 nitrogen and oxygen atoms in total. The zero-order chi connectivity index (χ0) is 28.7. The van der Waals surface area contributed by atoms with E-state index >= 15 is 0 Å². The predicted octanol–water partition coefficient (Wildman–Crippen LogP) is 5.71. The minimum absolute atomic E-state index is 0.0786. The van der Waals surface area contributed by atoms with Crippen LogP contribution in [0.1, 0.15) is 51.7 Å². The monoisotopic (exact) mass is 613 g/mol. The van der Waals surface area contributed by atoms with Crippen LogP contribution >= 0.6 is 15.9 Å². The molecule has 3 rings (SSSR count). The molecule has 1 N–H and O–H groups in total. The molecule has 0 aliphatic heterocycles. The lowest BCUT2D eigenvalue weighted by molar-refractivity contribution is -0.139. The molecule has 0 heterocycles. The van der Waals surface area contributed by atoms with Crippen LogP contribution in [0.3, 0.4) is 0 Å². The van der Waals surface area contributed by atoms with Crippen molar-refractivity contribution in [1.29, 1.82) is 0 Å². The average Bonchev–Trinajstić information content (AvgIpc) is 2.90. The summed E-state index contributed by atoms with van der Waals surface area (Å²) in [6, 6.07) is 21.7. The highest BCUT2D eigenvalue weighted by molar-refractivity contribution is 9.10. The Labute approximate surface area is 240 Å². The van der Waals surface area contributed by atoms with Crippen molar-refractivity contribution in [1.82, 2.24) is 10.2 Å². The molecule has 208 valence electrons. The Morgan fingerprint density at radius 2 is 1.51 bits per heavy atom. The lowest BCUT2D eigenvalue weighted by Gasteiger charge is -2.32. The number of amides is 2. The number of nitrogens with zero attached hydrogens (tertiary/aromatic N) is 2. The molecule has 0 fully saturated rings. The molecule has 0 saturated heterocycles. The van der Waals surface area contributed by atoms with Gasteiger partial charge in [0.2, 0.25) is 11.8 Å². The maximum absolute atomic E-state index is 13.9. The van der Waals surface area contributed by atoms with Crippen molar-refractivity contribution in [3.05, 3.63) is 94.5 Å². The summed E-state index contributed by atoms with van der Waals surface area (Å²) in [4.78, 5) is 28.4. The van der Waals surface area contributed by atoms with E-state index in [2.05, 4.69) is 35.1 Å². The van der Waals surface area contributed by atoms with Gasteiger partial charge in [-0.15, -0.1) is 0 Å². The minimum Gasteiger partial charge on any atom is -0.352 e. The van der Waals surface area contributed by atoms with Crippen LogP contribution in [0.5, 0.6) is 0 Å². The number of hydrogen-bond acceptors (Lipinski definition) is 4. The lowest BCUT2D eigenvalue weighted by Crippen LogP contribution is -2.52. The van der Waals surface area contributed by atoms with Gasteiger partial charge < -0.3 is 10.2 Å². The van der Waals surface area contributed by atoms with Gasteiger partial charge in [-0.3, -0.25) is 13.9 Å². The third-order valence-electron chi connectivity index (χ3n) is 6.30. The molecule has 9 heteroatoms. The van der Waals surface area contributed by atoms with Crippen molar-refractivity contribution < 1.29 is 18.0 Å². The summed E-state index contributed by atoms with van der Waals surface area (Å²) in [6.07, 6.45) is 0. The fourth-order valence-electron chi connectivity index (χ4n) is 4.09. The van der Waals surface area contributed by atoms with Crippen LogP contribution in [-0.2, 0) is 26.2 Å². The summed E-state index contributed by atoms with van der Waals surface area (Å²) in [5.41, 5.74) is 2.23. The molecule has 1 atom stereocenters. The quantitative estimate of drug-likeness (QED) is 0.300. The van der Waals surface area contributed by atoms with E-state index < -0.39 is 28.5 Å². The van der Waals surface area contributed by atoms with E-state index in [-0.39, 0.29) is 29.3 Å².